The summed E-state index contributed by atoms with van der Waals surface area (Å²) in [5.74, 6) is 1.77. The Hall–Kier alpha value is -1.55. The van der Waals surface area contributed by atoms with Crippen LogP contribution in [0.4, 0.5) is 0 Å². The van der Waals surface area contributed by atoms with Crippen molar-refractivity contribution < 1.29 is 4.74 Å². The van der Waals surface area contributed by atoms with Gasteiger partial charge in [0.1, 0.15) is 5.69 Å². The molecule has 92 valence electrons. The minimum absolute atomic E-state index is 0.609. The summed E-state index contributed by atoms with van der Waals surface area (Å²) in [6, 6.07) is 7.90. The number of rotatable bonds is 3. The van der Waals surface area contributed by atoms with Crippen molar-refractivity contribution in [3.8, 4) is 5.88 Å². The molecule has 0 atom stereocenters. The standard InChI is InChI=1S/C14H14N2OS/c1-2-17-14-13(12-8-5-9-18-12)15-10-6-3-4-7-11(10)16-14/h3-4,6-8H,2,5,9H2,1H3. The fourth-order valence-electron chi connectivity index (χ4n) is 1.96. The van der Waals surface area contributed by atoms with E-state index in [1.165, 1.54) is 4.91 Å². The zero-order valence-corrected chi connectivity index (χ0v) is 11.0. The summed E-state index contributed by atoms with van der Waals surface area (Å²) in [5.41, 5.74) is 2.69. The van der Waals surface area contributed by atoms with Gasteiger partial charge in [0.05, 0.1) is 17.6 Å². The van der Waals surface area contributed by atoms with Crippen LogP contribution >= 0.6 is 11.8 Å². The van der Waals surface area contributed by atoms with Crippen LogP contribution in [0.3, 0.4) is 0 Å². The maximum atomic E-state index is 5.63. The van der Waals surface area contributed by atoms with E-state index in [-0.39, 0.29) is 0 Å². The molecule has 0 radical (unpaired) electrons. The molecular weight excluding hydrogens is 244 g/mol. The number of ether oxygens (including phenoxy) is 1. The van der Waals surface area contributed by atoms with Crippen LogP contribution in [0.1, 0.15) is 19.0 Å². The van der Waals surface area contributed by atoms with E-state index in [1.54, 1.807) is 0 Å². The molecule has 0 fully saturated rings. The molecule has 3 rings (SSSR count). The van der Waals surface area contributed by atoms with Gasteiger partial charge in [-0.25, -0.2) is 9.97 Å². The molecule has 1 aliphatic heterocycles. The van der Waals surface area contributed by atoms with Gasteiger partial charge in [0.2, 0.25) is 5.88 Å². The highest BCUT2D eigenvalue weighted by Crippen LogP contribution is 2.37. The smallest absolute Gasteiger partial charge is 0.241 e. The van der Waals surface area contributed by atoms with E-state index >= 15 is 0 Å². The third kappa shape index (κ3) is 2.08. The van der Waals surface area contributed by atoms with E-state index in [9.17, 15) is 0 Å². The Kier molecular flexibility index (Phi) is 3.19. The van der Waals surface area contributed by atoms with Crippen LogP contribution in [-0.4, -0.2) is 22.3 Å². The molecule has 0 N–H and O–H groups in total. The zero-order valence-electron chi connectivity index (χ0n) is 10.2. The highest BCUT2D eigenvalue weighted by atomic mass is 32.2. The molecule has 0 saturated carbocycles. The highest BCUT2D eigenvalue weighted by molar-refractivity contribution is 8.08. The number of fused-ring (bicyclic) bond motifs is 1. The molecule has 1 aromatic heterocycles. The Morgan fingerprint density at radius 3 is 2.67 bits per heavy atom. The van der Waals surface area contributed by atoms with Gasteiger partial charge in [0, 0.05) is 10.7 Å². The number of allylic oxidation sites excluding steroid dienone is 1. The number of benzene rings is 1. The van der Waals surface area contributed by atoms with Gasteiger partial charge in [-0.15, -0.1) is 11.8 Å². The number of para-hydroxylation sites is 2. The van der Waals surface area contributed by atoms with Crippen LogP contribution in [0.25, 0.3) is 15.9 Å². The largest absolute Gasteiger partial charge is 0.476 e. The van der Waals surface area contributed by atoms with Crippen molar-refractivity contribution in [1.29, 1.82) is 0 Å². The number of thioether (sulfide) groups is 1. The van der Waals surface area contributed by atoms with Gasteiger partial charge >= 0.3 is 0 Å². The monoisotopic (exact) mass is 258 g/mol. The molecular formula is C14H14N2OS. The van der Waals surface area contributed by atoms with Gasteiger partial charge in [-0.1, -0.05) is 18.2 Å². The molecule has 18 heavy (non-hydrogen) atoms. The predicted octanol–water partition coefficient (Wildman–Crippen LogP) is 3.51. The third-order valence-corrected chi connectivity index (χ3v) is 3.87. The van der Waals surface area contributed by atoms with Crippen molar-refractivity contribution in [3.63, 3.8) is 0 Å². The van der Waals surface area contributed by atoms with E-state index < -0.39 is 0 Å². The molecule has 0 saturated heterocycles. The Bertz CT molecular complexity index is 610. The van der Waals surface area contributed by atoms with E-state index in [0.717, 1.165) is 28.9 Å². The summed E-state index contributed by atoms with van der Waals surface area (Å²) in [7, 11) is 0. The average molecular weight is 258 g/mol. The van der Waals surface area contributed by atoms with Crippen molar-refractivity contribution in [2.24, 2.45) is 0 Å². The summed E-state index contributed by atoms with van der Waals surface area (Å²) in [4.78, 5) is 10.5. The maximum absolute atomic E-state index is 5.63. The van der Waals surface area contributed by atoms with Crippen molar-refractivity contribution in [2.45, 2.75) is 13.3 Å². The number of hydrogen-bond acceptors (Lipinski definition) is 4. The SMILES string of the molecule is CCOc1nc2ccccc2nc1C1=CCCS1. The Morgan fingerprint density at radius 1 is 1.22 bits per heavy atom. The summed E-state index contributed by atoms with van der Waals surface area (Å²) in [5, 5.41) is 0. The Balaban J connectivity index is 2.17. The Labute approximate surface area is 110 Å². The lowest BCUT2D eigenvalue weighted by atomic mass is 10.2. The fraction of sp³-hybridized carbons (Fsp3) is 0.286. The van der Waals surface area contributed by atoms with Crippen molar-refractivity contribution in [2.75, 3.05) is 12.4 Å². The van der Waals surface area contributed by atoms with Gasteiger partial charge in [-0.05, 0) is 25.5 Å². The molecule has 0 amide bonds. The van der Waals surface area contributed by atoms with Crippen molar-refractivity contribution >= 4 is 27.7 Å². The fourth-order valence-corrected chi connectivity index (χ4v) is 2.93. The van der Waals surface area contributed by atoms with E-state index in [2.05, 4.69) is 11.1 Å². The summed E-state index contributed by atoms with van der Waals surface area (Å²) < 4.78 is 5.63. The van der Waals surface area contributed by atoms with Crippen LogP contribution in [0.5, 0.6) is 5.88 Å². The van der Waals surface area contributed by atoms with Gasteiger partial charge in [-0.3, -0.25) is 0 Å². The second-order valence-electron chi connectivity index (χ2n) is 4.00. The molecule has 3 nitrogen and oxygen atoms in total. The molecule has 1 aromatic carbocycles. The number of nitrogens with zero attached hydrogens (tertiary/aromatic N) is 2. The van der Waals surface area contributed by atoms with Crippen LogP contribution < -0.4 is 4.74 Å². The quantitative estimate of drug-likeness (QED) is 0.844. The predicted molar refractivity (Wildman–Crippen MR) is 75.8 cm³/mol. The number of hydrogen-bond donors (Lipinski definition) is 0. The first-order valence-corrected chi connectivity index (χ1v) is 7.10. The van der Waals surface area contributed by atoms with Crippen molar-refractivity contribution in [1.82, 2.24) is 9.97 Å². The van der Waals surface area contributed by atoms with Crippen LogP contribution in [0.15, 0.2) is 30.3 Å². The van der Waals surface area contributed by atoms with Gasteiger partial charge < -0.3 is 4.74 Å². The minimum atomic E-state index is 0.609. The topological polar surface area (TPSA) is 35.0 Å². The summed E-state index contributed by atoms with van der Waals surface area (Å²) in [6.07, 6.45) is 3.31. The van der Waals surface area contributed by atoms with Gasteiger partial charge in [0.25, 0.3) is 0 Å². The van der Waals surface area contributed by atoms with Gasteiger partial charge in [0.15, 0.2) is 0 Å². The molecule has 2 aromatic rings. The lowest BCUT2D eigenvalue weighted by molar-refractivity contribution is 0.326. The second kappa shape index (κ2) is 4.98. The second-order valence-corrected chi connectivity index (χ2v) is 5.14. The molecule has 1 aliphatic rings. The molecule has 0 aliphatic carbocycles. The Morgan fingerprint density at radius 2 is 2.00 bits per heavy atom. The minimum Gasteiger partial charge on any atom is -0.476 e. The van der Waals surface area contributed by atoms with Crippen LogP contribution in [0, 0.1) is 0 Å². The van der Waals surface area contributed by atoms with Crippen LogP contribution in [0.2, 0.25) is 0 Å². The molecule has 0 spiro atoms. The van der Waals surface area contributed by atoms with E-state index in [1.807, 2.05) is 43.0 Å². The van der Waals surface area contributed by atoms with Crippen LogP contribution in [-0.2, 0) is 0 Å². The first-order valence-electron chi connectivity index (χ1n) is 6.11. The van der Waals surface area contributed by atoms with E-state index in [0.29, 0.717) is 12.5 Å². The number of aromatic nitrogens is 2. The molecule has 2 heterocycles. The third-order valence-electron chi connectivity index (χ3n) is 2.76. The first kappa shape index (κ1) is 11.5. The lowest BCUT2D eigenvalue weighted by Crippen LogP contribution is -2.01. The summed E-state index contributed by atoms with van der Waals surface area (Å²) in [6.45, 7) is 2.58. The highest BCUT2D eigenvalue weighted by Gasteiger charge is 2.17. The molecule has 4 heteroatoms. The molecule has 0 bridgehead atoms. The first-order chi connectivity index (χ1) is 8.88. The van der Waals surface area contributed by atoms with Crippen molar-refractivity contribution in [3.05, 3.63) is 36.0 Å². The van der Waals surface area contributed by atoms with Gasteiger partial charge in [-0.2, -0.15) is 0 Å². The molecule has 0 unspecified atom stereocenters. The average Bonchev–Trinajstić information content (AvgIpc) is 2.92. The normalized spacial score (nSPS) is 14.8. The lowest BCUT2D eigenvalue weighted by Gasteiger charge is -2.10. The zero-order chi connectivity index (χ0) is 12.4. The summed E-state index contributed by atoms with van der Waals surface area (Å²) >= 11 is 1.82. The van der Waals surface area contributed by atoms with E-state index in [4.69, 9.17) is 9.72 Å². The maximum Gasteiger partial charge on any atom is 0.241 e.